The van der Waals surface area contributed by atoms with Gasteiger partial charge in [-0.25, -0.2) is 13.2 Å². The maximum Gasteiger partial charge on any atom is 0.339 e. The molecule has 0 saturated heterocycles. The van der Waals surface area contributed by atoms with Gasteiger partial charge in [0, 0.05) is 0 Å². The maximum atomic E-state index is 11.9. The molecule has 1 aromatic carbocycles. The first kappa shape index (κ1) is 14.9. The molecule has 0 heterocycles. The number of ether oxygens (including phenoxy) is 1. The molecule has 5 nitrogen and oxygen atoms in total. The molecule has 1 N–H and O–H groups in total. The third kappa shape index (κ3) is 3.97. The van der Waals surface area contributed by atoms with Crippen molar-refractivity contribution in [1.29, 1.82) is 0 Å². The molecule has 18 heavy (non-hydrogen) atoms. The fourth-order valence-electron chi connectivity index (χ4n) is 1.19. The molecular formula is C11H14ClNO4S. The predicted molar refractivity (Wildman–Crippen MR) is 67.8 cm³/mol. The van der Waals surface area contributed by atoms with Crippen LogP contribution in [-0.2, 0) is 19.6 Å². The number of sulfonamides is 1. The van der Waals surface area contributed by atoms with E-state index in [1.807, 2.05) is 11.6 Å². The van der Waals surface area contributed by atoms with Crippen molar-refractivity contribution in [3.63, 3.8) is 0 Å². The number of aryl methyl sites for hydroxylation is 1. The zero-order valence-corrected chi connectivity index (χ0v) is 11.6. The second kappa shape index (κ2) is 6.17. The summed E-state index contributed by atoms with van der Waals surface area (Å²) in [6, 6.07) is 6.18. The quantitative estimate of drug-likeness (QED) is 0.506. The van der Waals surface area contributed by atoms with E-state index in [0.29, 0.717) is 0 Å². The van der Waals surface area contributed by atoms with Gasteiger partial charge in [-0.05, 0) is 26.0 Å². The molecule has 1 rings (SSSR count). The van der Waals surface area contributed by atoms with E-state index >= 15 is 0 Å². The summed E-state index contributed by atoms with van der Waals surface area (Å²) in [5.74, 6) is -0.824. The van der Waals surface area contributed by atoms with Crippen molar-refractivity contribution in [1.82, 2.24) is 4.72 Å². The summed E-state index contributed by atoms with van der Waals surface area (Å²) in [6.07, 6.45) is 0. The lowest BCUT2D eigenvalue weighted by Gasteiger charge is -2.11. The van der Waals surface area contributed by atoms with Crippen LogP contribution in [0.15, 0.2) is 29.2 Å². The van der Waals surface area contributed by atoms with Crippen LogP contribution in [0, 0.1) is 6.92 Å². The van der Waals surface area contributed by atoms with Crippen LogP contribution in [-0.4, -0.2) is 26.5 Å². The molecule has 0 fully saturated rings. The van der Waals surface area contributed by atoms with Crippen molar-refractivity contribution < 1.29 is 17.9 Å². The van der Waals surface area contributed by atoms with Crippen LogP contribution in [0.3, 0.4) is 0 Å². The largest absolute Gasteiger partial charge is 0.464 e. The lowest BCUT2D eigenvalue weighted by atomic mass is 10.2. The van der Waals surface area contributed by atoms with Gasteiger partial charge in [-0.15, -0.1) is 0 Å². The summed E-state index contributed by atoms with van der Waals surface area (Å²) in [6.45, 7) is 3.58. The number of hydrogen-bond donors (Lipinski definition) is 1. The molecule has 0 spiro atoms. The summed E-state index contributed by atoms with van der Waals surface area (Å²) in [4.78, 5) is 11.3. The number of benzene rings is 1. The van der Waals surface area contributed by atoms with Gasteiger partial charge in [0.2, 0.25) is 10.0 Å². The van der Waals surface area contributed by atoms with Crippen LogP contribution in [0.5, 0.6) is 0 Å². The Balaban J connectivity index is 2.82. The second-order valence-electron chi connectivity index (χ2n) is 3.55. The Hall–Kier alpha value is -1.11. The highest BCUT2D eigenvalue weighted by atomic mass is 35.5. The highest BCUT2D eigenvalue weighted by Crippen LogP contribution is 2.11. The molecule has 0 aliphatic heterocycles. The van der Waals surface area contributed by atoms with Crippen LogP contribution in [0.4, 0.5) is 0 Å². The summed E-state index contributed by atoms with van der Waals surface area (Å²) in [5.41, 5.74) is -0.502. The summed E-state index contributed by atoms with van der Waals surface area (Å²) < 4.78 is 30.4. The van der Waals surface area contributed by atoms with E-state index in [1.54, 1.807) is 19.1 Å². The zero-order chi connectivity index (χ0) is 13.8. The lowest BCUT2D eigenvalue weighted by molar-refractivity contribution is -0.142. The molecule has 0 radical (unpaired) electrons. The number of alkyl halides is 1. The van der Waals surface area contributed by atoms with Gasteiger partial charge in [-0.2, -0.15) is 4.72 Å². The molecule has 100 valence electrons. The highest BCUT2D eigenvalue weighted by molar-refractivity contribution is 7.89. The number of hydrogen-bond acceptors (Lipinski definition) is 4. The molecule has 1 aromatic rings. The highest BCUT2D eigenvalue weighted by Gasteiger charge is 2.24. The topological polar surface area (TPSA) is 72.5 Å². The van der Waals surface area contributed by atoms with Gasteiger partial charge in [-0.3, -0.25) is 0 Å². The van der Waals surface area contributed by atoms with Crippen molar-refractivity contribution >= 4 is 27.6 Å². The number of carbonyl (C=O) groups excluding carboxylic acids is 1. The van der Waals surface area contributed by atoms with E-state index in [9.17, 15) is 13.2 Å². The van der Waals surface area contributed by atoms with Gasteiger partial charge in [-0.1, -0.05) is 29.3 Å². The van der Waals surface area contributed by atoms with Gasteiger partial charge in [0.25, 0.3) is 0 Å². The van der Waals surface area contributed by atoms with Gasteiger partial charge >= 0.3 is 5.97 Å². The number of rotatable bonds is 5. The van der Waals surface area contributed by atoms with Crippen LogP contribution in [0.2, 0.25) is 0 Å². The third-order valence-corrected chi connectivity index (χ3v) is 3.94. The van der Waals surface area contributed by atoms with Crippen LogP contribution >= 0.6 is 11.6 Å². The molecule has 0 aliphatic carbocycles. The molecule has 0 aromatic heterocycles. The maximum absolute atomic E-state index is 11.9. The summed E-state index contributed by atoms with van der Waals surface area (Å²) in [7, 11) is -3.82. The fourth-order valence-corrected chi connectivity index (χ4v) is 2.60. The first-order valence-corrected chi connectivity index (χ1v) is 7.18. The average molecular weight is 292 g/mol. The first-order valence-electron chi connectivity index (χ1n) is 5.26. The minimum Gasteiger partial charge on any atom is -0.464 e. The minimum atomic E-state index is -3.82. The Morgan fingerprint density at radius 3 is 2.44 bits per heavy atom. The Labute approximate surface area is 111 Å². The molecular weight excluding hydrogens is 278 g/mol. The fraction of sp³-hybridized carbons (Fsp3) is 0.364. The number of halogens is 1. The van der Waals surface area contributed by atoms with E-state index in [2.05, 4.69) is 4.74 Å². The van der Waals surface area contributed by atoms with Gasteiger partial charge < -0.3 is 4.74 Å². The average Bonchev–Trinajstić information content (AvgIpc) is 2.29. The number of carbonyl (C=O) groups is 1. The van der Waals surface area contributed by atoms with E-state index in [4.69, 9.17) is 11.6 Å². The van der Waals surface area contributed by atoms with E-state index in [-0.39, 0.29) is 11.5 Å². The first-order chi connectivity index (χ1) is 8.36. The zero-order valence-electron chi connectivity index (χ0n) is 10.0. The lowest BCUT2D eigenvalue weighted by Crippen LogP contribution is -2.37. The van der Waals surface area contributed by atoms with Crippen molar-refractivity contribution in [2.75, 3.05) is 6.61 Å². The molecule has 0 aliphatic rings. The Kier molecular flexibility index (Phi) is 5.13. The Bertz CT molecular complexity index is 512. The van der Waals surface area contributed by atoms with Crippen LogP contribution in [0.1, 0.15) is 12.5 Å². The van der Waals surface area contributed by atoms with Crippen molar-refractivity contribution in [3.05, 3.63) is 29.8 Å². The normalized spacial score (nSPS) is 13.1. The van der Waals surface area contributed by atoms with Crippen molar-refractivity contribution in [2.45, 2.75) is 24.2 Å². The van der Waals surface area contributed by atoms with Gasteiger partial charge in [0.1, 0.15) is 0 Å². The van der Waals surface area contributed by atoms with Crippen molar-refractivity contribution in [2.24, 2.45) is 0 Å². The monoisotopic (exact) mass is 291 g/mol. The molecule has 0 bridgehead atoms. The summed E-state index contributed by atoms with van der Waals surface area (Å²) >= 11 is 5.61. The second-order valence-corrected chi connectivity index (χ2v) is 5.70. The number of nitrogens with one attached hydrogen (secondary N) is 1. The molecule has 1 atom stereocenters. The minimum absolute atomic E-state index is 0.0445. The Morgan fingerprint density at radius 1 is 1.39 bits per heavy atom. The van der Waals surface area contributed by atoms with Crippen LogP contribution in [0.25, 0.3) is 0 Å². The van der Waals surface area contributed by atoms with Gasteiger partial charge in [0.05, 0.1) is 11.5 Å². The van der Waals surface area contributed by atoms with Crippen LogP contribution < -0.4 is 4.72 Å². The third-order valence-electron chi connectivity index (χ3n) is 2.08. The van der Waals surface area contributed by atoms with Crippen molar-refractivity contribution in [3.8, 4) is 0 Å². The summed E-state index contributed by atoms with van der Waals surface area (Å²) in [5, 5.41) is 0. The standard InChI is InChI=1S/C11H14ClNO4S/c1-3-17-11(14)10(12)13-18(15,16)9-6-4-8(2)5-7-9/h4-7,10,13H,3H2,1-2H3. The SMILES string of the molecule is CCOC(=O)C(Cl)NS(=O)(=O)c1ccc(C)cc1. The molecule has 1 unspecified atom stereocenters. The van der Waals surface area contributed by atoms with E-state index in [1.165, 1.54) is 12.1 Å². The smallest absolute Gasteiger partial charge is 0.339 e. The van der Waals surface area contributed by atoms with E-state index < -0.39 is 21.5 Å². The molecule has 7 heteroatoms. The Morgan fingerprint density at radius 2 is 1.94 bits per heavy atom. The predicted octanol–water partition coefficient (Wildman–Crippen LogP) is 1.40. The molecule has 0 amide bonds. The molecule has 0 saturated carbocycles. The number of esters is 1. The van der Waals surface area contributed by atoms with E-state index in [0.717, 1.165) is 5.56 Å². The van der Waals surface area contributed by atoms with Gasteiger partial charge in [0.15, 0.2) is 5.50 Å².